The summed E-state index contributed by atoms with van der Waals surface area (Å²) in [5, 5.41) is 11.1. The first-order valence-corrected chi connectivity index (χ1v) is 8.52. The molecule has 28 heavy (non-hydrogen) atoms. The van der Waals surface area contributed by atoms with E-state index in [1.165, 1.54) is 22.9 Å². The van der Waals surface area contributed by atoms with E-state index in [-0.39, 0.29) is 17.8 Å². The van der Waals surface area contributed by atoms with Gasteiger partial charge in [-0.1, -0.05) is 12.1 Å². The van der Waals surface area contributed by atoms with E-state index in [0.29, 0.717) is 5.82 Å². The lowest BCUT2D eigenvalue weighted by Gasteiger charge is -2.11. The Morgan fingerprint density at radius 2 is 1.82 bits per heavy atom. The predicted octanol–water partition coefficient (Wildman–Crippen LogP) is 3.15. The molecule has 8 nitrogen and oxygen atoms in total. The van der Waals surface area contributed by atoms with Gasteiger partial charge in [0.15, 0.2) is 0 Å². The van der Waals surface area contributed by atoms with Gasteiger partial charge in [-0.15, -0.1) is 0 Å². The zero-order valence-electron chi connectivity index (χ0n) is 15.0. The lowest BCUT2D eigenvalue weighted by molar-refractivity contribution is -0.385. The van der Waals surface area contributed by atoms with Gasteiger partial charge in [-0.25, -0.2) is 4.98 Å². The van der Waals surface area contributed by atoms with Gasteiger partial charge in [0.25, 0.3) is 11.2 Å². The number of fused-ring (bicyclic) bond motifs is 1. The maximum atomic E-state index is 12.2. The average Bonchev–Trinajstić information content (AvgIpc) is 3.07. The number of methoxy groups -OCH3 is 1. The van der Waals surface area contributed by atoms with Crippen molar-refractivity contribution in [2.24, 2.45) is 0 Å². The largest absolute Gasteiger partial charge is 0.497 e. The van der Waals surface area contributed by atoms with Crippen LogP contribution in [-0.4, -0.2) is 26.2 Å². The Balaban J connectivity index is 1.86. The van der Waals surface area contributed by atoms with Crippen molar-refractivity contribution in [1.82, 2.24) is 14.1 Å². The molecule has 4 aromatic rings. The number of hydrogen-bond acceptors (Lipinski definition) is 5. The van der Waals surface area contributed by atoms with E-state index in [1.54, 1.807) is 7.11 Å². The zero-order chi connectivity index (χ0) is 19.7. The van der Waals surface area contributed by atoms with Crippen molar-refractivity contribution in [3.8, 4) is 11.4 Å². The van der Waals surface area contributed by atoms with Gasteiger partial charge in [0, 0.05) is 17.8 Å². The number of imidazole rings is 1. The lowest BCUT2D eigenvalue weighted by atomic mass is 10.2. The molecule has 0 bridgehead atoms. The predicted molar refractivity (Wildman–Crippen MR) is 104 cm³/mol. The highest BCUT2D eigenvalue weighted by Gasteiger charge is 2.15. The Hall–Kier alpha value is -3.94. The molecule has 0 saturated heterocycles. The Labute approximate surface area is 159 Å². The minimum Gasteiger partial charge on any atom is -0.497 e. The number of pyridine rings is 1. The Morgan fingerprint density at radius 3 is 2.54 bits per heavy atom. The van der Waals surface area contributed by atoms with Crippen LogP contribution in [0.5, 0.6) is 5.75 Å². The quantitative estimate of drug-likeness (QED) is 0.394. The summed E-state index contributed by atoms with van der Waals surface area (Å²) in [5.41, 5.74) is 2.02. The van der Waals surface area contributed by atoms with Crippen LogP contribution in [0.15, 0.2) is 71.7 Å². The second kappa shape index (κ2) is 6.99. The molecule has 2 aromatic carbocycles. The van der Waals surface area contributed by atoms with Gasteiger partial charge >= 0.3 is 0 Å². The molecule has 0 N–H and O–H groups in total. The number of hydrogen-bond donors (Lipinski definition) is 0. The molecule has 0 atom stereocenters. The van der Waals surface area contributed by atoms with Crippen LogP contribution in [0.4, 0.5) is 5.69 Å². The number of rotatable bonds is 5. The molecule has 2 aromatic heterocycles. The van der Waals surface area contributed by atoms with E-state index in [4.69, 9.17) is 4.74 Å². The zero-order valence-corrected chi connectivity index (χ0v) is 15.0. The summed E-state index contributed by atoms with van der Waals surface area (Å²) in [7, 11) is 1.60. The molecule has 0 radical (unpaired) electrons. The maximum Gasteiger partial charge on any atom is 0.285 e. The standard InChI is InChI=1S/C20H16N4O4/c1-28-16-9-6-14(7-10-16)23-18-5-3-2-4-17(18)21-19(23)13-22-12-15(24(26)27)8-11-20(22)25/h2-12H,13H2,1H3. The monoisotopic (exact) mass is 376 g/mol. The van der Waals surface area contributed by atoms with Gasteiger partial charge in [0.05, 0.1) is 35.8 Å². The molecule has 2 heterocycles. The van der Waals surface area contributed by atoms with Crippen LogP contribution in [0.1, 0.15) is 5.82 Å². The smallest absolute Gasteiger partial charge is 0.285 e. The number of benzene rings is 2. The molecule has 0 spiro atoms. The number of nitro groups is 1. The van der Waals surface area contributed by atoms with Crippen molar-refractivity contribution >= 4 is 16.7 Å². The molecule has 0 unspecified atom stereocenters. The van der Waals surface area contributed by atoms with Crippen LogP contribution in [0.2, 0.25) is 0 Å². The van der Waals surface area contributed by atoms with Crippen LogP contribution < -0.4 is 10.3 Å². The van der Waals surface area contributed by atoms with E-state index < -0.39 is 4.92 Å². The molecule has 0 saturated carbocycles. The molecule has 0 aliphatic heterocycles. The maximum absolute atomic E-state index is 12.2. The molecule has 0 amide bonds. The first-order valence-electron chi connectivity index (χ1n) is 8.52. The third-order valence-electron chi connectivity index (χ3n) is 4.45. The fourth-order valence-electron chi connectivity index (χ4n) is 3.10. The summed E-state index contributed by atoms with van der Waals surface area (Å²) in [5.74, 6) is 1.32. The van der Waals surface area contributed by atoms with E-state index in [9.17, 15) is 14.9 Å². The second-order valence-electron chi connectivity index (χ2n) is 6.16. The van der Waals surface area contributed by atoms with Gasteiger partial charge in [-0.2, -0.15) is 0 Å². The number of para-hydroxylation sites is 2. The first kappa shape index (κ1) is 17.5. The minimum atomic E-state index is -0.525. The van der Waals surface area contributed by atoms with Gasteiger partial charge in [0.1, 0.15) is 11.6 Å². The van der Waals surface area contributed by atoms with Crippen LogP contribution in [0.25, 0.3) is 16.7 Å². The minimum absolute atomic E-state index is 0.0984. The second-order valence-corrected chi connectivity index (χ2v) is 6.16. The van der Waals surface area contributed by atoms with Crippen LogP contribution in [-0.2, 0) is 6.54 Å². The molecule has 4 rings (SSSR count). The molecule has 0 fully saturated rings. The Bertz CT molecular complexity index is 1230. The summed E-state index contributed by atoms with van der Waals surface area (Å²) >= 11 is 0. The van der Waals surface area contributed by atoms with Gasteiger partial charge in [-0.3, -0.25) is 19.5 Å². The van der Waals surface area contributed by atoms with E-state index in [1.807, 2.05) is 53.1 Å². The van der Waals surface area contributed by atoms with Crippen LogP contribution in [0, 0.1) is 10.1 Å². The van der Waals surface area contributed by atoms with E-state index in [2.05, 4.69) is 4.98 Å². The number of nitrogens with zero attached hydrogens (tertiary/aromatic N) is 4. The van der Waals surface area contributed by atoms with Crippen molar-refractivity contribution < 1.29 is 9.66 Å². The third-order valence-corrected chi connectivity index (χ3v) is 4.45. The normalized spacial score (nSPS) is 10.9. The van der Waals surface area contributed by atoms with Crippen molar-refractivity contribution in [3.63, 3.8) is 0 Å². The molecular weight excluding hydrogens is 360 g/mol. The fourth-order valence-corrected chi connectivity index (χ4v) is 3.10. The highest BCUT2D eigenvalue weighted by atomic mass is 16.6. The third kappa shape index (κ3) is 3.11. The van der Waals surface area contributed by atoms with E-state index >= 15 is 0 Å². The van der Waals surface area contributed by atoms with E-state index in [0.717, 1.165) is 22.5 Å². The highest BCUT2D eigenvalue weighted by molar-refractivity contribution is 5.78. The van der Waals surface area contributed by atoms with Gasteiger partial charge in [-0.05, 0) is 36.4 Å². The molecule has 0 aliphatic carbocycles. The molecule has 8 heteroatoms. The van der Waals surface area contributed by atoms with Gasteiger partial charge in [0.2, 0.25) is 0 Å². The van der Waals surface area contributed by atoms with Crippen molar-refractivity contribution in [2.45, 2.75) is 6.54 Å². The molecule has 140 valence electrons. The van der Waals surface area contributed by atoms with Crippen molar-refractivity contribution in [1.29, 1.82) is 0 Å². The molecule has 0 aliphatic rings. The Kier molecular flexibility index (Phi) is 4.36. The SMILES string of the molecule is COc1ccc(-n2c(Cn3cc([N+](=O)[O-])ccc3=O)nc3ccccc32)cc1. The summed E-state index contributed by atoms with van der Waals surface area (Å²) in [6.07, 6.45) is 1.24. The number of ether oxygens (including phenoxy) is 1. The first-order chi connectivity index (χ1) is 13.6. The van der Waals surface area contributed by atoms with Gasteiger partial charge < -0.3 is 9.30 Å². The lowest BCUT2D eigenvalue weighted by Crippen LogP contribution is -2.21. The summed E-state index contributed by atoms with van der Waals surface area (Å²) in [6.45, 7) is 0.0984. The summed E-state index contributed by atoms with van der Waals surface area (Å²) in [6, 6.07) is 17.5. The fraction of sp³-hybridized carbons (Fsp3) is 0.100. The van der Waals surface area contributed by atoms with Crippen LogP contribution in [0.3, 0.4) is 0 Å². The Morgan fingerprint density at radius 1 is 1.07 bits per heavy atom. The number of aromatic nitrogens is 3. The van der Waals surface area contributed by atoms with Crippen LogP contribution >= 0.6 is 0 Å². The highest BCUT2D eigenvalue weighted by Crippen LogP contribution is 2.24. The van der Waals surface area contributed by atoms with Crippen molar-refractivity contribution in [3.05, 3.63) is 93.2 Å². The average molecular weight is 376 g/mol. The summed E-state index contributed by atoms with van der Waals surface area (Å²) < 4.78 is 8.44. The molecular formula is C20H16N4O4. The topological polar surface area (TPSA) is 92.2 Å². The summed E-state index contributed by atoms with van der Waals surface area (Å²) in [4.78, 5) is 27.4. The van der Waals surface area contributed by atoms with Crippen molar-refractivity contribution in [2.75, 3.05) is 7.11 Å².